The summed E-state index contributed by atoms with van der Waals surface area (Å²) < 4.78 is 15.3. The molecule has 3 heterocycles. The monoisotopic (exact) mass is 551 g/mol. The number of piperidine rings is 1. The minimum Gasteiger partial charge on any atom is -0.365 e. The highest BCUT2D eigenvalue weighted by atomic mass is 19.1. The van der Waals surface area contributed by atoms with Crippen molar-refractivity contribution in [1.29, 1.82) is 0 Å². The first kappa shape index (κ1) is 26.7. The molecule has 5 N–H and O–H groups in total. The summed E-state index contributed by atoms with van der Waals surface area (Å²) in [6.45, 7) is 1.15. The molecule has 2 aromatic heterocycles. The van der Waals surface area contributed by atoms with E-state index in [0.717, 1.165) is 68.3 Å². The van der Waals surface area contributed by atoms with Crippen molar-refractivity contribution in [3.8, 4) is 0 Å². The van der Waals surface area contributed by atoms with Gasteiger partial charge in [0.25, 0.3) is 0 Å². The zero-order chi connectivity index (χ0) is 27.5. The summed E-state index contributed by atoms with van der Waals surface area (Å²) in [6.07, 6.45) is 11.7. The fourth-order valence-corrected chi connectivity index (χ4v) is 6.05. The van der Waals surface area contributed by atoms with Gasteiger partial charge in [0.1, 0.15) is 5.82 Å². The van der Waals surface area contributed by atoms with E-state index in [0.29, 0.717) is 36.8 Å². The number of carbonyl (C=O) groups excluding carboxylic acids is 1. The number of hydrogen-bond donors (Lipinski definition) is 4. The second-order valence-electron chi connectivity index (χ2n) is 11.3. The molecule has 0 spiro atoms. The molecule has 40 heavy (non-hydrogen) atoms. The Kier molecular flexibility index (Phi) is 7.96. The second kappa shape index (κ2) is 11.9. The van der Waals surface area contributed by atoms with Crippen molar-refractivity contribution in [2.75, 3.05) is 29.0 Å². The number of benzene rings is 1. The van der Waals surface area contributed by atoms with Crippen LogP contribution < -0.4 is 21.7 Å². The van der Waals surface area contributed by atoms with Crippen molar-refractivity contribution >= 4 is 34.7 Å². The van der Waals surface area contributed by atoms with Crippen molar-refractivity contribution < 1.29 is 14.0 Å². The lowest BCUT2D eigenvalue weighted by molar-refractivity contribution is -0.106. The number of rotatable bonds is 7. The molecule has 3 aliphatic rings. The Morgan fingerprint density at radius 1 is 0.925 bits per heavy atom. The molecule has 6 rings (SSSR count). The topological polar surface area (TPSA) is 135 Å². The minimum absolute atomic E-state index is 0.148. The number of hydroxylamine groups is 2. The molecular weight excluding hydrogens is 513 g/mol. The van der Waals surface area contributed by atoms with E-state index < -0.39 is 6.09 Å². The van der Waals surface area contributed by atoms with Gasteiger partial charge < -0.3 is 25.8 Å². The Bertz CT molecular complexity index is 1300. The van der Waals surface area contributed by atoms with Crippen molar-refractivity contribution in [3.63, 3.8) is 0 Å². The van der Waals surface area contributed by atoms with E-state index in [9.17, 15) is 9.18 Å². The van der Waals surface area contributed by atoms with Crippen LogP contribution in [0.25, 0.3) is 11.2 Å². The third-order valence-corrected chi connectivity index (χ3v) is 8.34. The Morgan fingerprint density at radius 2 is 1.62 bits per heavy atom. The molecule has 0 bridgehead atoms. The standard InChI is InChI=1S/C28H38FN9O2/c29-18-5-9-21(10-6-18)34-28(39)40-37-15-13-22(14-16-37)32-25-24-26(38(17-31-24)23-3-1-2-4-23)36-27(35-25)33-20-11-7-19(30)8-12-20/h5-6,9-10,17,19-20,22-23H,1-4,7-8,11-16,30H2,(H,34,39)(H2,32,33,35,36). The molecular formula is C28H38FN9O2. The van der Waals surface area contributed by atoms with E-state index in [1.54, 1.807) is 5.06 Å². The van der Waals surface area contributed by atoms with Gasteiger partial charge in [0.05, 0.1) is 6.33 Å². The van der Waals surface area contributed by atoms with Gasteiger partial charge in [-0.05, 0) is 75.6 Å². The maximum atomic E-state index is 13.1. The normalized spacial score (nSPS) is 22.9. The van der Waals surface area contributed by atoms with Gasteiger partial charge in [0.15, 0.2) is 17.0 Å². The van der Waals surface area contributed by atoms with Crippen LogP contribution >= 0.6 is 0 Å². The lowest BCUT2D eigenvalue weighted by Crippen LogP contribution is -2.41. The SMILES string of the molecule is NC1CCC(Nc2nc(NC3CCN(OC(=O)Nc4ccc(F)cc4)CC3)c3ncn(C4CCCC4)c3n2)CC1. The Labute approximate surface area is 233 Å². The minimum atomic E-state index is -0.590. The van der Waals surface area contributed by atoms with Crippen LogP contribution in [0.15, 0.2) is 30.6 Å². The molecule has 1 aromatic carbocycles. The van der Waals surface area contributed by atoms with Crippen molar-refractivity contribution in [3.05, 3.63) is 36.4 Å². The van der Waals surface area contributed by atoms with E-state index in [1.165, 1.54) is 37.1 Å². The van der Waals surface area contributed by atoms with Gasteiger partial charge in [-0.1, -0.05) is 12.8 Å². The van der Waals surface area contributed by atoms with E-state index in [4.69, 9.17) is 25.5 Å². The first-order valence-electron chi connectivity index (χ1n) is 14.5. The van der Waals surface area contributed by atoms with E-state index in [2.05, 4.69) is 20.5 Å². The second-order valence-corrected chi connectivity index (χ2v) is 11.3. The molecule has 0 atom stereocenters. The summed E-state index contributed by atoms with van der Waals surface area (Å²) >= 11 is 0. The molecule has 12 heteroatoms. The summed E-state index contributed by atoms with van der Waals surface area (Å²) in [7, 11) is 0. The first-order chi connectivity index (χ1) is 19.5. The lowest BCUT2D eigenvalue weighted by Gasteiger charge is -2.31. The fourth-order valence-electron chi connectivity index (χ4n) is 6.05. The predicted molar refractivity (Wildman–Crippen MR) is 151 cm³/mol. The van der Waals surface area contributed by atoms with Crippen LogP contribution in [0.4, 0.5) is 26.6 Å². The quantitative estimate of drug-likeness (QED) is 0.326. The zero-order valence-corrected chi connectivity index (χ0v) is 22.7. The fraction of sp³-hybridized carbons (Fsp3) is 0.571. The van der Waals surface area contributed by atoms with Crippen LogP contribution in [-0.4, -0.2) is 61.9 Å². The summed E-state index contributed by atoms with van der Waals surface area (Å²) in [5.41, 5.74) is 8.26. The molecule has 1 aliphatic heterocycles. The number of amides is 1. The Morgan fingerprint density at radius 3 is 2.35 bits per heavy atom. The maximum Gasteiger partial charge on any atom is 0.430 e. The summed E-state index contributed by atoms with van der Waals surface area (Å²) in [5, 5.41) is 11.5. The number of imidazole rings is 1. The Hall–Kier alpha value is -3.51. The molecule has 0 radical (unpaired) electrons. The number of fused-ring (bicyclic) bond motifs is 1. The van der Waals surface area contributed by atoms with E-state index >= 15 is 0 Å². The molecule has 1 amide bonds. The molecule has 3 aromatic rings. The van der Waals surface area contributed by atoms with Gasteiger partial charge in [0.2, 0.25) is 5.95 Å². The third-order valence-electron chi connectivity index (χ3n) is 8.34. The van der Waals surface area contributed by atoms with Gasteiger partial charge in [-0.15, -0.1) is 5.06 Å². The van der Waals surface area contributed by atoms with Crippen LogP contribution in [0.2, 0.25) is 0 Å². The number of hydrogen-bond acceptors (Lipinski definition) is 9. The number of nitrogens with one attached hydrogen (secondary N) is 3. The van der Waals surface area contributed by atoms with Gasteiger partial charge in [-0.25, -0.2) is 14.2 Å². The molecule has 11 nitrogen and oxygen atoms in total. The summed E-state index contributed by atoms with van der Waals surface area (Å²) in [6, 6.07) is 6.74. The van der Waals surface area contributed by atoms with E-state index in [1.807, 2.05) is 6.33 Å². The van der Waals surface area contributed by atoms with Crippen molar-refractivity contribution in [2.24, 2.45) is 5.73 Å². The van der Waals surface area contributed by atoms with E-state index in [-0.39, 0.29) is 17.9 Å². The molecule has 2 aliphatic carbocycles. The van der Waals surface area contributed by atoms with Crippen molar-refractivity contribution in [1.82, 2.24) is 24.6 Å². The first-order valence-corrected chi connectivity index (χ1v) is 14.5. The van der Waals surface area contributed by atoms with Gasteiger partial charge in [-0.3, -0.25) is 5.32 Å². The van der Waals surface area contributed by atoms with Gasteiger partial charge in [0, 0.05) is 42.9 Å². The third kappa shape index (κ3) is 6.28. The molecule has 3 fully saturated rings. The lowest BCUT2D eigenvalue weighted by atomic mass is 9.92. The van der Waals surface area contributed by atoms with Crippen molar-refractivity contribution in [2.45, 2.75) is 88.4 Å². The number of halogens is 1. The summed E-state index contributed by atoms with van der Waals surface area (Å²) in [5.74, 6) is 1.01. The number of nitrogens with zero attached hydrogens (tertiary/aromatic N) is 5. The maximum absolute atomic E-state index is 13.1. The number of anilines is 3. The number of aromatic nitrogens is 4. The molecule has 214 valence electrons. The smallest absolute Gasteiger partial charge is 0.365 e. The summed E-state index contributed by atoms with van der Waals surface area (Å²) in [4.78, 5) is 32.3. The van der Waals surface area contributed by atoms with Gasteiger partial charge in [-0.2, -0.15) is 9.97 Å². The van der Waals surface area contributed by atoms with Crippen LogP contribution in [0.1, 0.15) is 70.3 Å². The number of carbonyl (C=O) groups is 1. The highest BCUT2D eigenvalue weighted by Crippen LogP contribution is 2.34. The number of nitrogens with two attached hydrogens (primary N) is 1. The largest absolute Gasteiger partial charge is 0.430 e. The van der Waals surface area contributed by atoms with Gasteiger partial charge >= 0.3 is 6.09 Å². The molecule has 1 saturated heterocycles. The van der Waals surface area contributed by atoms with Crippen LogP contribution in [0, 0.1) is 5.82 Å². The van der Waals surface area contributed by atoms with Crippen LogP contribution in [-0.2, 0) is 4.84 Å². The predicted octanol–water partition coefficient (Wildman–Crippen LogP) is 4.80. The molecule has 0 unspecified atom stereocenters. The van der Waals surface area contributed by atoms with Crippen LogP contribution in [0.3, 0.4) is 0 Å². The highest BCUT2D eigenvalue weighted by molar-refractivity contribution is 5.85. The Balaban J connectivity index is 1.11. The average molecular weight is 552 g/mol. The molecule has 2 saturated carbocycles. The highest BCUT2D eigenvalue weighted by Gasteiger charge is 2.27. The zero-order valence-electron chi connectivity index (χ0n) is 22.7. The average Bonchev–Trinajstić information content (AvgIpc) is 3.63. The van der Waals surface area contributed by atoms with Crippen LogP contribution in [0.5, 0.6) is 0 Å².